The predicted octanol–water partition coefficient (Wildman–Crippen LogP) is 2.97. The van der Waals surface area contributed by atoms with E-state index in [1.165, 1.54) is 38.1 Å². The second-order valence-electron chi connectivity index (χ2n) is 11.9. The average molecular weight is 547 g/mol. The summed E-state index contributed by atoms with van der Waals surface area (Å²) in [5.74, 6) is -8.25. The topological polar surface area (TPSA) is 171 Å². The van der Waals surface area contributed by atoms with E-state index in [0.717, 1.165) is 0 Å². The van der Waals surface area contributed by atoms with Crippen LogP contribution in [-0.4, -0.2) is 59.7 Å². The maximum Gasteiger partial charge on any atom is 0.196 e. The second-order valence-corrected chi connectivity index (χ2v) is 11.9. The Morgan fingerprint density at radius 3 is 1.88 bits per heavy atom. The Morgan fingerprint density at radius 1 is 0.775 bits per heavy atom. The molecule has 2 bridgehead atoms. The summed E-state index contributed by atoms with van der Waals surface area (Å²) in [6, 6.07) is 5.81. The number of carbonyl (C=O) groups excluding carboxylic acids is 3. The first kappa shape index (κ1) is 24.7. The molecule has 2 heterocycles. The lowest BCUT2D eigenvalue weighted by molar-refractivity contribution is -0.172. The molecule has 0 spiro atoms. The molecule has 5 aliphatic rings. The molecule has 0 unspecified atom stereocenters. The summed E-state index contributed by atoms with van der Waals surface area (Å²) in [5, 5.41) is 56.1. The fourth-order valence-corrected chi connectivity index (χ4v) is 7.76. The summed E-state index contributed by atoms with van der Waals surface area (Å²) < 4.78 is 12.3. The molecule has 2 aromatic rings. The van der Waals surface area contributed by atoms with Crippen LogP contribution in [0.25, 0.3) is 11.5 Å². The van der Waals surface area contributed by atoms with Crippen molar-refractivity contribution < 1.29 is 49.4 Å². The van der Waals surface area contributed by atoms with E-state index in [1.54, 1.807) is 13.8 Å². The van der Waals surface area contributed by atoms with Crippen LogP contribution in [0.4, 0.5) is 0 Å². The number of Topliss-reactive ketones (excluding diaryl/α,β-unsaturated/α-hetero) is 3. The third kappa shape index (κ3) is 2.51. The molecule has 10 heteroatoms. The summed E-state index contributed by atoms with van der Waals surface area (Å²) in [6.45, 7) is 6.07. The Hall–Kier alpha value is -4.31. The number of aromatic hydroxyl groups is 2. The molecule has 0 amide bonds. The largest absolute Gasteiger partial charge is 0.507 e. The summed E-state index contributed by atoms with van der Waals surface area (Å²) in [4.78, 5) is 42.6. The van der Waals surface area contributed by atoms with Gasteiger partial charge in [0.2, 0.25) is 0 Å². The summed E-state index contributed by atoms with van der Waals surface area (Å²) in [6.07, 6.45) is -0.319. The van der Waals surface area contributed by atoms with Gasteiger partial charge in [-0.25, -0.2) is 0 Å². The number of aryl methyl sites for hydroxylation is 2. The molecule has 2 aliphatic heterocycles. The van der Waals surface area contributed by atoms with Crippen molar-refractivity contribution in [1.29, 1.82) is 0 Å². The van der Waals surface area contributed by atoms with Crippen molar-refractivity contribution in [3.63, 3.8) is 0 Å². The molecule has 7 rings (SSSR count). The van der Waals surface area contributed by atoms with Gasteiger partial charge in [0.1, 0.15) is 51.2 Å². The van der Waals surface area contributed by atoms with Gasteiger partial charge in [0.15, 0.2) is 28.6 Å². The molecule has 3 saturated carbocycles. The summed E-state index contributed by atoms with van der Waals surface area (Å²) >= 11 is 0. The molecular formula is C30H26O10. The van der Waals surface area contributed by atoms with Crippen molar-refractivity contribution in [3.05, 3.63) is 57.7 Å². The maximum absolute atomic E-state index is 14.4. The Morgan fingerprint density at radius 2 is 1.30 bits per heavy atom. The van der Waals surface area contributed by atoms with E-state index in [0.29, 0.717) is 11.1 Å². The number of rotatable bonds is 0. The van der Waals surface area contributed by atoms with Crippen LogP contribution in [-0.2, 0) is 14.4 Å². The molecule has 206 valence electrons. The third-order valence-corrected chi connectivity index (χ3v) is 9.53. The van der Waals surface area contributed by atoms with Crippen LogP contribution in [0, 0.1) is 31.6 Å². The Labute approximate surface area is 227 Å². The van der Waals surface area contributed by atoms with Crippen molar-refractivity contribution in [2.75, 3.05) is 0 Å². The highest BCUT2D eigenvalue weighted by Crippen LogP contribution is 2.65. The number of carbonyl (C=O) groups is 3. The smallest absolute Gasteiger partial charge is 0.196 e. The number of hydrogen-bond donors (Lipinski definition) is 5. The standard InChI is InChI=1S/C30H26O10/c1-10-5-13(31)18-15(7-10)39-28(3)21(25(18)35)24(34)17-12-9-30(38,20(17)27(28)37)29(4)22(23(12)33)26(36)19-14(32)6-11(2)8-16(19)40-29/h5-8,12,17,20,31-32,35-36,38H,9H2,1-4H3/t12-,17+,20-,28-,29+,30-/m0/s1. The first-order valence-corrected chi connectivity index (χ1v) is 12.9. The highest BCUT2D eigenvalue weighted by atomic mass is 16.5. The predicted molar refractivity (Wildman–Crippen MR) is 138 cm³/mol. The van der Waals surface area contributed by atoms with Crippen LogP contribution in [0.3, 0.4) is 0 Å². The van der Waals surface area contributed by atoms with E-state index in [-0.39, 0.29) is 46.1 Å². The third-order valence-electron chi connectivity index (χ3n) is 9.53. The van der Waals surface area contributed by atoms with Gasteiger partial charge >= 0.3 is 0 Å². The van der Waals surface area contributed by atoms with Crippen LogP contribution in [0.2, 0.25) is 0 Å². The average Bonchev–Trinajstić information content (AvgIpc) is 3.13. The van der Waals surface area contributed by atoms with Gasteiger partial charge in [-0.2, -0.15) is 0 Å². The normalized spacial score (nSPS) is 35.3. The number of fused-ring (bicyclic) bond motifs is 10. The molecule has 2 aromatic carbocycles. The zero-order chi connectivity index (χ0) is 28.8. The van der Waals surface area contributed by atoms with Crippen LogP contribution >= 0.6 is 0 Å². The summed E-state index contributed by atoms with van der Waals surface area (Å²) in [5.41, 5.74) is -6.00. The van der Waals surface area contributed by atoms with Crippen LogP contribution in [0.1, 0.15) is 42.5 Å². The lowest BCUT2D eigenvalue weighted by Crippen LogP contribution is -2.68. The van der Waals surface area contributed by atoms with Gasteiger partial charge < -0.3 is 35.0 Å². The van der Waals surface area contributed by atoms with Crippen LogP contribution in [0.5, 0.6) is 23.0 Å². The molecule has 3 fully saturated rings. The lowest BCUT2D eigenvalue weighted by atomic mass is 9.61. The van der Waals surface area contributed by atoms with E-state index in [9.17, 15) is 39.9 Å². The van der Waals surface area contributed by atoms with E-state index in [1.807, 2.05) is 0 Å². The fourth-order valence-electron chi connectivity index (χ4n) is 7.76. The molecule has 0 radical (unpaired) electrons. The Bertz CT molecular complexity index is 1720. The fraction of sp³-hybridized carbons (Fsp3) is 0.367. The first-order chi connectivity index (χ1) is 18.7. The Balaban J connectivity index is 1.47. The molecule has 5 N–H and O–H groups in total. The van der Waals surface area contributed by atoms with E-state index >= 15 is 0 Å². The van der Waals surface area contributed by atoms with Gasteiger partial charge in [-0.1, -0.05) is 0 Å². The number of ether oxygens (including phenoxy) is 2. The molecule has 0 saturated heterocycles. The minimum atomic E-state index is -2.15. The van der Waals surface area contributed by atoms with Gasteiger partial charge in [0.25, 0.3) is 0 Å². The van der Waals surface area contributed by atoms with Crippen LogP contribution in [0.15, 0.2) is 35.4 Å². The molecule has 3 aliphatic carbocycles. The number of benzene rings is 2. The first-order valence-electron chi connectivity index (χ1n) is 12.9. The van der Waals surface area contributed by atoms with Gasteiger partial charge in [0.05, 0.1) is 17.1 Å². The highest BCUT2D eigenvalue weighted by Gasteiger charge is 2.78. The second kappa shape index (κ2) is 7.06. The number of hydrogen-bond acceptors (Lipinski definition) is 10. The quantitative estimate of drug-likeness (QED) is 0.331. The number of phenolic OH excluding ortho intramolecular Hbond substituents is 2. The molecule has 6 atom stereocenters. The van der Waals surface area contributed by atoms with Gasteiger partial charge in [-0.3, -0.25) is 14.4 Å². The zero-order valence-corrected chi connectivity index (χ0v) is 22.0. The maximum atomic E-state index is 14.4. The number of aliphatic hydroxyl groups excluding tert-OH is 2. The van der Waals surface area contributed by atoms with Gasteiger partial charge in [-0.15, -0.1) is 0 Å². The number of ketones is 3. The zero-order valence-electron chi connectivity index (χ0n) is 22.0. The Kier molecular flexibility index (Phi) is 4.36. The summed E-state index contributed by atoms with van der Waals surface area (Å²) in [7, 11) is 0. The van der Waals surface area contributed by atoms with Crippen molar-refractivity contribution in [2.24, 2.45) is 17.8 Å². The van der Waals surface area contributed by atoms with E-state index in [2.05, 4.69) is 0 Å². The van der Waals surface area contributed by atoms with E-state index < -0.39 is 69.0 Å². The minimum Gasteiger partial charge on any atom is -0.507 e. The minimum absolute atomic E-state index is 0.0110. The molecule has 10 nitrogen and oxygen atoms in total. The molecule has 40 heavy (non-hydrogen) atoms. The number of aliphatic hydroxyl groups is 3. The van der Waals surface area contributed by atoms with Gasteiger partial charge in [-0.05, 0) is 69.5 Å². The molecular weight excluding hydrogens is 520 g/mol. The van der Waals surface area contributed by atoms with E-state index in [4.69, 9.17) is 9.47 Å². The van der Waals surface area contributed by atoms with Crippen molar-refractivity contribution in [3.8, 4) is 23.0 Å². The monoisotopic (exact) mass is 546 g/mol. The molecule has 0 aromatic heterocycles. The highest BCUT2D eigenvalue weighted by molar-refractivity contribution is 6.22. The van der Waals surface area contributed by atoms with Gasteiger partial charge in [0, 0.05) is 11.8 Å². The number of phenols is 2. The van der Waals surface area contributed by atoms with Crippen molar-refractivity contribution in [1.82, 2.24) is 0 Å². The van der Waals surface area contributed by atoms with Crippen molar-refractivity contribution >= 4 is 28.9 Å². The SMILES string of the molecule is Cc1cc(O)c2c(c1)O[C@]1(C)C(=O)[C@@H]3[C@H](C(=O)C1=C2O)[C@@H]1C[C@@]3(O)[C@]2(C)Oc3cc(C)cc(O)c3C(O)=C2C1=O. The van der Waals surface area contributed by atoms with Crippen molar-refractivity contribution in [2.45, 2.75) is 50.9 Å². The van der Waals surface area contributed by atoms with Crippen LogP contribution < -0.4 is 9.47 Å². The lowest BCUT2D eigenvalue weighted by Gasteiger charge is -2.52.